The minimum atomic E-state index is -3.35. The van der Waals surface area contributed by atoms with Crippen LogP contribution in [-0.2, 0) is 6.54 Å². The Balaban J connectivity index is 1.52. The standard InChI is InChI=1S/C21H16F4N2O2/c1-12-7-19-18(28-11-21(24,25)29-19)8-14(12)13-5-6-20(26-9-13)27-10-15-16(22)3-2-4-17(15)23/h2-9H,10-11H2,1H3,(H,26,27). The number of fused-ring (bicyclic) bond motifs is 1. The molecule has 0 spiro atoms. The van der Waals surface area contributed by atoms with Crippen molar-refractivity contribution >= 4 is 5.82 Å². The molecule has 0 saturated heterocycles. The van der Waals surface area contributed by atoms with E-state index in [9.17, 15) is 17.6 Å². The molecule has 0 radical (unpaired) electrons. The number of nitrogens with one attached hydrogen (secondary N) is 1. The second-order valence-electron chi connectivity index (χ2n) is 6.63. The molecule has 2 aromatic carbocycles. The predicted molar refractivity (Wildman–Crippen MR) is 99.2 cm³/mol. The van der Waals surface area contributed by atoms with Crippen molar-refractivity contribution in [3.8, 4) is 22.6 Å². The number of anilines is 1. The maximum absolute atomic E-state index is 13.7. The molecule has 0 fully saturated rings. The minimum Gasteiger partial charge on any atom is -0.479 e. The average molecular weight is 404 g/mol. The van der Waals surface area contributed by atoms with E-state index >= 15 is 0 Å². The lowest BCUT2D eigenvalue weighted by atomic mass is 10.0. The van der Waals surface area contributed by atoms with Crippen LogP contribution in [0.4, 0.5) is 23.4 Å². The summed E-state index contributed by atoms with van der Waals surface area (Å²) in [6.07, 6.45) is -1.78. The number of aromatic nitrogens is 1. The van der Waals surface area contributed by atoms with E-state index in [1.165, 1.54) is 24.3 Å². The number of pyridine rings is 1. The fourth-order valence-electron chi connectivity index (χ4n) is 3.06. The number of rotatable bonds is 4. The van der Waals surface area contributed by atoms with Gasteiger partial charge < -0.3 is 14.8 Å². The van der Waals surface area contributed by atoms with Crippen LogP contribution in [0.15, 0.2) is 48.7 Å². The zero-order valence-electron chi connectivity index (χ0n) is 15.3. The number of aryl methyl sites for hydroxylation is 1. The second kappa shape index (κ2) is 7.27. The van der Waals surface area contributed by atoms with Crippen LogP contribution in [0.25, 0.3) is 11.1 Å². The third-order valence-electron chi connectivity index (χ3n) is 4.53. The molecule has 0 unspecified atom stereocenters. The van der Waals surface area contributed by atoms with Crippen molar-refractivity contribution in [2.24, 2.45) is 0 Å². The van der Waals surface area contributed by atoms with Crippen molar-refractivity contribution in [2.75, 3.05) is 11.9 Å². The molecule has 0 aliphatic carbocycles. The summed E-state index contributed by atoms with van der Waals surface area (Å²) in [6.45, 7) is 0.858. The quantitative estimate of drug-likeness (QED) is 0.599. The van der Waals surface area contributed by atoms with E-state index in [4.69, 9.17) is 4.74 Å². The van der Waals surface area contributed by atoms with Gasteiger partial charge in [-0.3, -0.25) is 0 Å². The molecule has 29 heavy (non-hydrogen) atoms. The molecule has 0 saturated carbocycles. The van der Waals surface area contributed by atoms with Gasteiger partial charge >= 0.3 is 6.11 Å². The summed E-state index contributed by atoms with van der Waals surface area (Å²) in [4.78, 5) is 4.26. The molecule has 150 valence electrons. The first kappa shape index (κ1) is 19.0. The third-order valence-corrected chi connectivity index (χ3v) is 4.53. The highest BCUT2D eigenvalue weighted by Gasteiger charge is 2.38. The number of halogens is 4. The summed E-state index contributed by atoms with van der Waals surface area (Å²) < 4.78 is 63.8. The average Bonchev–Trinajstić information content (AvgIpc) is 2.67. The largest absolute Gasteiger partial charge is 0.479 e. The van der Waals surface area contributed by atoms with E-state index in [2.05, 4.69) is 15.0 Å². The number of hydrogen-bond donors (Lipinski definition) is 1. The van der Waals surface area contributed by atoms with Crippen molar-refractivity contribution in [3.05, 3.63) is 71.4 Å². The highest BCUT2D eigenvalue weighted by atomic mass is 19.3. The number of ether oxygens (including phenoxy) is 2. The zero-order chi connectivity index (χ0) is 20.6. The van der Waals surface area contributed by atoms with Crippen LogP contribution in [0.3, 0.4) is 0 Å². The molecule has 1 aromatic heterocycles. The van der Waals surface area contributed by atoms with Gasteiger partial charge in [0.05, 0.1) is 0 Å². The SMILES string of the molecule is Cc1cc2c(cc1-c1ccc(NCc3c(F)cccc3F)nc1)OCC(F)(F)O2. The Kier molecular flexibility index (Phi) is 4.77. The van der Waals surface area contributed by atoms with Gasteiger partial charge in [-0.05, 0) is 54.4 Å². The fourth-order valence-corrected chi connectivity index (χ4v) is 3.06. The first-order chi connectivity index (χ1) is 13.8. The van der Waals surface area contributed by atoms with Crippen molar-refractivity contribution in [2.45, 2.75) is 19.6 Å². The van der Waals surface area contributed by atoms with Gasteiger partial charge in [0.2, 0.25) is 0 Å². The lowest BCUT2D eigenvalue weighted by Gasteiger charge is -2.26. The molecule has 4 rings (SSSR count). The molecule has 0 amide bonds. The highest BCUT2D eigenvalue weighted by Crippen LogP contribution is 2.41. The number of benzene rings is 2. The van der Waals surface area contributed by atoms with E-state index in [0.29, 0.717) is 11.4 Å². The Morgan fingerprint density at radius 2 is 1.83 bits per heavy atom. The summed E-state index contributed by atoms with van der Waals surface area (Å²) in [5.74, 6) is -0.612. The van der Waals surface area contributed by atoms with E-state index in [-0.39, 0.29) is 23.6 Å². The normalized spacial score (nSPS) is 14.5. The van der Waals surface area contributed by atoms with Gasteiger partial charge in [-0.25, -0.2) is 13.8 Å². The van der Waals surface area contributed by atoms with Crippen molar-refractivity contribution in [1.29, 1.82) is 0 Å². The Morgan fingerprint density at radius 1 is 1.07 bits per heavy atom. The summed E-state index contributed by atoms with van der Waals surface area (Å²) >= 11 is 0. The topological polar surface area (TPSA) is 43.4 Å². The van der Waals surface area contributed by atoms with Crippen LogP contribution in [0, 0.1) is 18.6 Å². The van der Waals surface area contributed by atoms with Crippen LogP contribution >= 0.6 is 0 Å². The van der Waals surface area contributed by atoms with Gasteiger partial charge in [-0.15, -0.1) is 0 Å². The third kappa shape index (κ3) is 3.96. The first-order valence-electron chi connectivity index (χ1n) is 8.80. The Morgan fingerprint density at radius 3 is 2.52 bits per heavy atom. The Bertz CT molecular complexity index is 1040. The summed E-state index contributed by atoms with van der Waals surface area (Å²) in [5.41, 5.74) is 2.12. The molecule has 1 aliphatic rings. The van der Waals surface area contributed by atoms with Gasteiger partial charge in [-0.2, -0.15) is 8.78 Å². The van der Waals surface area contributed by atoms with Crippen LogP contribution in [0.5, 0.6) is 11.5 Å². The van der Waals surface area contributed by atoms with Crippen molar-refractivity contribution < 1.29 is 27.0 Å². The molecule has 3 aromatic rings. The van der Waals surface area contributed by atoms with Crippen LogP contribution < -0.4 is 14.8 Å². The molecule has 0 atom stereocenters. The number of alkyl halides is 2. The van der Waals surface area contributed by atoms with Crippen LogP contribution in [0.1, 0.15) is 11.1 Å². The highest BCUT2D eigenvalue weighted by molar-refractivity contribution is 5.71. The minimum absolute atomic E-state index is 0.0133. The van der Waals surface area contributed by atoms with Gasteiger partial charge in [-0.1, -0.05) is 6.07 Å². The molecule has 1 aliphatic heterocycles. The maximum Gasteiger partial charge on any atom is 0.433 e. The smallest absolute Gasteiger partial charge is 0.433 e. The van der Waals surface area contributed by atoms with Crippen molar-refractivity contribution in [3.63, 3.8) is 0 Å². The monoisotopic (exact) mass is 404 g/mol. The predicted octanol–water partition coefficient (Wildman–Crippen LogP) is 5.31. The zero-order valence-corrected chi connectivity index (χ0v) is 15.3. The maximum atomic E-state index is 13.7. The molecule has 0 bridgehead atoms. The van der Waals surface area contributed by atoms with E-state index in [1.54, 1.807) is 31.3 Å². The molecular weight excluding hydrogens is 388 g/mol. The molecule has 8 heteroatoms. The first-order valence-corrected chi connectivity index (χ1v) is 8.80. The Labute approximate surface area is 164 Å². The number of hydrogen-bond acceptors (Lipinski definition) is 4. The van der Waals surface area contributed by atoms with Gasteiger partial charge in [0.15, 0.2) is 18.1 Å². The van der Waals surface area contributed by atoms with Gasteiger partial charge in [0, 0.05) is 23.9 Å². The fraction of sp³-hybridized carbons (Fsp3) is 0.190. The van der Waals surface area contributed by atoms with Gasteiger partial charge in [0.1, 0.15) is 17.5 Å². The summed E-state index contributed by atoms with van der Waals surface area (Å²) in [6, 6.07) is 10.2. The van der Waals surface area contributed by atoms with Crippen molar-refractivity contribution in [1.82, 2.24) is 4.98 Å². The molecule has 2 heterocycles. The lowest BCUT2D eigenvalue weighted by molar-refractivity contribution is -0.208. The van der Waals surface area contributed by atoms with Crippen LogP contribution in [0.2, 0.25) is 0 Å². The number of nitrogens with zero attached hydrogens (tertiary/aromatic N) is 1. The molecular formula is C21H16F4N2O2. The van der Waals surface area contributed by atoms with Gasteiger partial charge in [0.25, 0.3) is 0 Å². The molecule has 4 nitrogen and oxygen atoms in total. The molecule has 1 N–H and O–H groups in total. The Hall–Kier alpha value is -3.29. The summed E-state index contributed by atoms with van der Waals surface area (Å²) in [5, 5.41) is 2.88. The van der Waals surface area contributed by atoms with E-state index in [1.807, 2.05) is 0 Å². The summed E-state index contributed by atoms with van der Waals surface area (Å²) in [7, 11) is 0. The van der Waals surface area contributed by atoms with E-state index < -0.39 is 24.3 Å². The van der Waals surface area contributed by atoms with E-state index in [0.717, 1.165) is 11.1 Å². The second-order valence-corrected chi connectivity index (χ2v) is 6.63. The van der Waals surface area contributed by atoms with Crippen LogP contribution in [-0.4, -0.2) is 17.7 Å². The lowest BCUT2D eigenvalue weighted by Crippen LogP contribution is -2.36.